The Morgan fingerprint density at radius 1 is 1.13 bits per heavy atom. The molecule has 0 heterocycles. The molecular weight excluding hydrogens is 294 g/mol. The predicted octanol–water partition coefficient (Wildman–Crippen LogP) is 3.13. The summed E-state index contributed by atoms with van der Waals surface area (Å²) in [4.78, 5) is 11.4. The molecule has 1 atom stereocenters. The first-order valence-corrected chi connectivity index (χ1v) is 8.27. The van der Waals surface area contributed by atoms with Crippen molar-refractivity contribution in [3.63, 3.8) is 0 Å². The van der Waals surface area contributed by atoms with Crippen LogP contribution in [0.25, 0.3) is 0 Å². The van der Waals surface area contributed by atoms with E-state index in [4.69, 9.17) is 14.2 Å². The number of hydrogen-bond donors (Lipinski definition) is 1. The molecule has 1 N–H and O–H groups in total. The number of hydrogen-bond acceptors (Lipinski definition) is 5. The molecule has 0 aliphatic rings. The quantitative estimate of drug-likeness (QED) is 0.385. The molecule has 1 aromatic carbocycles. The highest BCUT2D eigenvalue weighted by Gasteiger charge is 2.08. The van der Waals surface area contributed by atoms with E-state index in [0.717, 1.165) is 30.8 Å². The summed E-state index contributed by atoms with van der Waals surface area (Å²) in [5.74, 6) is 0.435. The summed E-state index contributed by atoms with van der Waals surface area (Å²) in [6, 6.07) is 7.48. The molecule has 130 valence electrons. The van der Waals surface area contributed by atoms with Crippen LogP contribution >= 0.6 is 0 Å². The van der Waals surface area contributed by atoms with Crippen LogP contribution in [0.5, 0.6) is 5.75 Å². The SMILES string of the molecule is CCCNCCOC(C)Oc1ccc(COC(=O)C(C)C)cc1. The average Bonchev–Trinajstić information content (AvgIpc) is 2.53. The second-order valence-corrected chi connectivity index (χ2v) is 5.71. The van der Waals surface area contributed by atoms with E-state index in [0.29, 0.717) is 6.61 Å². The lowest BCUT2D eigenvalue weighted by molar-refractivity contribution is -0.148. The van der Waals surface area contributed by atoms with Gasteiger partial charge in [-0.05, 0) is 37.6 Å². The Bertz CT molecular complexity index is 445. The van der Waals surface area contributed by atoms with Gasteiger partial charge in [0.15, 0.2) is 6.29 Å². The molecule has 0 spiro atoms. The number of ether oxygens (including phenoxy) is 3. The molecule has 0 saturated heterocycles. The molecule has 0 fully saturated rings. The number of carbonyl (C=O) groups is 1. The summed E-state index contributed by atoms with van der Waals surface area (Å²) in [6.45, 7) is 10.4. The van der Waals surface area contributed by atoms with Crippen LogP contribution in [0.4, 0.5) is 0 Å². The fourth-order valence-electron chi connectivity index (χ4n) is 1.81. The molecular formula is C18H29NO4. The molecule has 0 aromatic heterocycles. The van der Waals surface area contributed by atoms with Gasteiger partial charge >= 0.3 is 5.97 Å². The van der Waals surface area contributed by atoms with Gasteiger partial charge < -0.3 is 19.5 Å². The molecule has 0 aliphatic carbocycles. The standard InChI is InChI=1S/C18H29NO4/c1-5-10-19-11-12-21-15(4)23-17-8-6-16(7-9-17)13-22-18(20)14(2)3/h6-9,14-15,19H,5,10-13H2,1-4H3. The molecule has 23 heavy (non-hydrogen) atoms. The first kappa shape index (κ1) is 19.5. The van der Waals surface area contributed by atoms with Crippen molar-refractivity contribution in [1.29, 1.82) is 0 Å². The van der Waals surface area contributed by atoms with Gasteiger partial charge in [-0.2, -0.15) is 0 Å². The highest BCUT2D eigenvalue weighted by molar-refractivity contribution is 5.71. The van der Waals surface area contributed by atoms with E-state index in [9.17, 15) is 4.79 Å². The lowest BCUT2D eigenvalue weighted by atomic mass is 10.2. The lowest BCUT2D eigenvalue weighted by Gasteiger charge is -2.16. The highest BCUT2D eigenvalue weighted by Crippen LogP contribution is 2.15. The second-order valence-electron chi connectivity index (χ2n) is 5.71. The fraction of sp³-hybridized carbons (Fsp3) is 0.611. The molecule has 5 nitrogen and oxygen atoms in total. The molecule has 0 saturated carbocycles. The van der Waals surface area contributed by atoms with Gasteiger partial charge in [-0.3, -0.25) is 4.79 Å². The Kier molecular flexibility index (Phi) is 9.33. The maximum absolute atomic E-state index is 11.4. The van der Waals surface area contributed by atoms with Gasteiger partial charge in [0.25, 0.3) is 0 Å². The number of carbonyl (C=O) groups excluding carboxylic acids is 1. The lowest BCUT2D eigenvalue weighted by Crippen LogP contribution is -2.25. The van der Waals surface area contributed by atoms with E-state index in [2.05, 4.69) is 12.2 Å². The van der Waals surface area contributed by atoms with Gasteiger partial charge in [-0.25, -0.2) is 0 Å². The zero-order valence-electron chi connectivity index (χ0n) is 14.6. The van der Waals surface area contributed by atoms with Crippen LogP contribution in [-0.2, 0) is 20.9 Å². The largest absolute Gasteiger partial charge is 0.465 e. The molecule has 0 aliphatic heterocycles. The Hall–Kier alpha value is -1.59. The normalized spacial score (nSPS) is 12.2. The van der Waals surface area contributed by atoms with E-state index in [1.165, 1.54) is 0 Å². The Morgan fingerprint density at radius 2 is 1.83 bits per heavy atom. The van der Waals surface area contributed by atoms with Gasteiger partial charge in [0, 0.05) is 6.54 Å². The van der Waals surface area contributed by atoms with Crippen molar-refractivity contribution < 1.29 is 19.0 Å². The molecule has 5 heteroatoms. The number of benzene rings is 1. The first-order chi connectivity index (χ1) is 11.0. The van der Waals surface area contributed by atoms with Crippen LogP contribution < -0.4 is 10.1 Å². The summed E-state index contributed by atoms with van der Waals surface area (Å²) in [7, 11) is 0. The minimum atomic E-state index is -0.303. The van der Waals surface area contributed by atoms with Crippen LogP contribution in [0.1, 0.15) is 39.7 Å². The first-order valence-electron chi connectivity index (χ1n) is 8.27. The zero-order valence-corrected chi connectivity index (χ0v) is 14.6. The van der Waals surface area contributed by atoms with Gasteiger partial charge in [0.1, 0.15) is 12.4 Å². The van der Waals surface area contributed by atoms with Crippen molar-refractivity contribution in [2.24, 2.45) is 5.92 Å². The van der Waals surface area contributed by atoms with Crippen molar-refractivity contribution in [2.75, 3.05) is 19.7 Å². The van der Waals surface area contributed by atoms with Gasteiger partial charge in [0.2, 0.25) is 0 Å². The topological polar surface area (TPSA) is 56.8 Å². The van der Waals surface area contributed by atoms with E-state index in [-0.39, 0.29) is 24.8 Å². The van der Waals surface area contributed by atoms with E-state index in [1.54, 1.807) is 0 Å². The van der Waals surface area contributed by atoms with Crippen molar-refractivity contribution in [2.45, 2.75) is 47.0 Å². The minimum absolute atomic E-state index is 0.109. The van der Waals surface area contributed by atoms with Gasteiger partial charge in [-0.1, -0.05) is 32.9 Å². The third-order valence-electron chi connectivity index (χ3n) is 3.14. The Balaban J connectivity index is 2.28. The molecule has 0 bridgehead atoms. The minimum Gasteiger partial charge on any atom is -0.465 e. The molecule has 0 amide bonds. The summed E-state index contributed by atoms with van der Waals surface area (Å²) in [6.07, 6.45) is 0.813. The maximum atomic E-state index is 11.4. The van der Waals surface area contributed by atoms with E-state index in [1.807, 2.05) is 45.0 Å². The smallest absolute Gasteiger partial charge is 0.308 e. The molecule has 0 radical (unpaired) electrons. The third kappa shape index (κ3) is 8.57. The Morgan fingerprint density at radius 3 is 2.43 bits per heavy atom. The van der Waals surface area contributed by atoms with Crippen molar-refractivity contribution in [3.8, 4) is 5.75 Å². The molecule has 1 aromatic rings. The van der Waals surface area contributed by atoms with Crippen molar-refractivity contribution in [3.05, 3.63) is 29.8 Å². The number of esters is 1. The molecule has 1 unspecified atom stereocenters. The van der Waals surface area contributed by atoms with Gasteiger partial charge in [0.05, 0.1) is 12.5 Å². The summed E-state index contributed by atoms with van der Waals surface area (Å²) < 4.78 is 16.4. The summed E-state index contributed by atoms with van der Waals surface area (Å²) in [5.41, 5.74) is 0.934. The van der Waals surface area contributed by atoms with Gasteiger partial charge in [-0.15, -0.1) is 0 Å². The monoisotopic (exact) mass is 323 g/mol. The summed E-state index contributed by atoms with van der Waals surface area (Å²) >= 11 is 0. The van der Waals surface area contributed by atoms with Crippen LogP contribution in [0.2, 0.25) is 0 Å². The van der Waals surface area contributed by atoms with Crippen LogP contribution in [0, 0.1) is 5.92 Å². The fourth-order valence-corrected chi connectivity index (χ4v) is 1.81. The average molecular weight is 323 g/mol. The van der Waals surface area contributed by atoms with E-state index < -0.39 is 0 Å². The second kappa shape index (κ2) is 11.0. The zero-order chi connectivity index (χ0) is 17.1. The van der Waals surface area contributed by atoms with Crippen LogP contribution in [0.15, 0.2) is 24.3 Å². The van der Waals surface area contributed by atoms with Crippen LogP contribution in [0.3, 0.4) is 0 Å². The molecule has 1 rings (SSSR count). The Labute approximate surface area is 139 Å². The van der Waals surface area contributed by atoms with Crippen molar-refractivity contribution in [1.82, 2.24) is 5.32 Å². The predicted molar refractivity (Wildman–Crippen MR) is 90.3 cm³/mol. The summed E-state index contributed by atoms with van der Waals surface area (Å²) in [5, 5.41) is 3.27. The third-order valence-corrected chi connectivity index (χ3v) is 3.14. The maximum Gasteiger partial charge on any atom is 0.308 e. The van der Waals surface area contributed by atoms with E-state index >= 15 is 0 Å². The van der Waals surface area contributed by atoms with Crippen molar-refractivity contribution >= 4 is 5.97 Å². The number of nitrogens with one attached hydrogen (secondary N) is 1. The van der Waals surface area contributed by atoms with Crippen LogP contribution in [-0.4, -0.2) is 32.0 Å². The number of rotatable bonds is 11. The highest BCUT2D eigenvalue weighted by atomic mass is 16.7.